The number of imide groups is 1. The average molecular weight is 342 g/mol. The van der Waals surface area contributed by atoms with Gasteiger partial charge in [-0.1, -0.05) is 12.1 Å². The molecule has 3 heterocycles. The van der Waals surface area contributed by atoms with Crippen LogP contribution in [0.1, 0.15) is 24.2 Å². The van der Waals surface area contributed by atoms with Gasteiger partial charge in [0.1, 0.15) is 5.54 Å². The highest BCUT2D eigenvalue weighted by molar-refractivity contribution is 7.99. The number of aryl methyl sites for hydroxylation is 1. The van der Waals surface area contributed by atoms with E-state index in [1.54, 1.807) is 0 Å². The van der Waals surface area contributed by atoms with Crippen LogP contribution >= 0.6 is 11.8 Å². The van der Waals surface area contributed by atoms with Gasteiger partial charge in [-0.05, 0) is 43.4 Å². The summed E-state index contributed by atoms with van der Waals surface area (Å²) in [5, 5.41) is 2.92. The summed E-state index contributed by atoms with van der Waals surface area (Å²) in [6.45, 7) is 2.03. The molecule has 0 atom stereocenters. The number of thioether (sulfide) groups is 1. The largest absolute Gasteiger partial charge is 0.325 e. The Kier molecular flexibility index (Phi) is 3.68. The summed E-state index contributed by atoms with van der Waals surface area (Å²) in [4.78, 5) is 35.7. The number of fused-ring (bicyclic) bond motifs is 1. The highest BCUT2D eigenvalue weighted by Gasteiger charge is 2.51. The van der Waals surface area contributed by atoms with E-state index in [0.29, 0.717) is 18.5 Å². The van der Waals surface area contributed by atoms with Crippen LogP contribution in [0.3, 0.4) is 0 Å². The Balaban J connectivity index is 1.64. The first-order valence-electron chi connectivity index (χ1n) is 8.03. The Hall–Kier alpha value is -2.15. The van der Waals surface area contributed by atoms with E-state index >= 15 is 0 Å². The summed E-state index contributed by atoms with van der Waals surface area (Å²) >= 11 is 1.82. The fourth-order valence-electron chi connectivity index (χ4n) is 3.30. The van der Waals surface area contributed by atoms with Gasteiger partial charge in [-0.2, -0.15) is 11.8 Å². The lowest BCUT2D eigenvalue weighted by atomic mass is 9.92. The molecule has 24 heavy (non-hydrogen) atoms. The minimum Gasteiger partial charge on any atom is -0.323 e. The van der Waals surface area contributed by atoms with Crippen molar-refractivity contribution in [1.82, 2.24) is 20.2 Å². The van der Waals surface area contributed by atoms with Crippen molar-refractivity contribution in [3.8, 4) is 0 Å². The van der Waals surface area contributed by atoms with Gasteiger partial charge in [0.25, 0.3) is 5.91 Å². The number of nitrogens with zero attached hydrogens (tertiary/aromatic N) is 3. The van der Waals surface area contributed by atoms with Crippen LogP contribution in [0, 0.1) is 6.92 Å². The van der Waals surface area contributed by atoms with Gasteiger partial charge in [-0.15, -0.1) is 0 Å². The van der Waals surface area contributed by atoms with E-state index in [2.05, 4.69) is 15.3 Å². The van der Waals surface area contributed by atoms with E-state index in [1.165, 1.54) is 4.90 Å². The molecule has 7 heteroatoms. The number of rotatable bonds is 2. The van der Waals surface area contributed by atoms with Gasteiger partial charge in [0.2, 0.25) is 0 Å². The Morgan fingerprint density at radius 1 is 1.17 bits per heavy atom. The second kappa shape index (κ2) is 5.73. The van der Waals surface area contributed by atoms with Crippen molar-refractivity contribution in [2.24, 2.45) is 0 Å². The molecule has 6 nitrogen and oxygen atoms in total. The maximum Gasteiger partial charge on any atom is 0.325 e. The molecule has 1 aromatic carbocycles. The average Bonchev–Trinajstić information content (AvgIpc) is 2.80. The first-order valence-corrected chi connectivity index (χ1v) is 9.19. The van der Waals surface area contributed by atoms with E-state index in [9.17, 15) is 9.59 Å². The Morgan fingerprint density at radius 3 is 2.54 bits per heavy atom. The van der Waals surface area contributed by atoms with E-state index in [1.807, 2.05) is 43.0 Å². The molecule has 0 unspecified atom stereocenters. The third kappa shape index (κ3) is 2.43. The molecule has 4 rings (SSSR count). The van der Waals surface area contributed by atoms with Gasteiger partial charge in [0.05, 0.1) is 29.0 Å². The monoisotopic (exact) mass is 342 g/mol. The molecule has 124 valence electrons. The fourth-order valence-corrected chi connectivity index (χ4v) is 4.49. The van der Waals surface area contributed by atoms with Crippen LogP contribution in [0.2, 0.25) is 0 Å². The minimum absolute atomic E-state index is 0.123. The lowest BCUT2D eigenvalue weighted by molar-refractivity contribution is -0.132. The van der Waals surface area contributed by atoms with Crippen molar-refractivity contribution in [1.29, 1.82) is 0 Å². The van der Waals surface area contributed by atoms with Gasteiger partial charge < -0.3 is 5.32 Å². The normalized spacial score (nSPS) is 20.0. The van der Waals surface area contributed by atoms with Crippen molar-refractivity contribution >= 4 is 34.7 Å². The number of para-hydroxylation sites is 2. The topological polar surface area (TPSA) is 75.2 Å². The molecular weight excluding hydrogens is 324 g/mol. The Labute approximate surface area is 144 Å². The molecule has 2 fully saturated rings. The van der Waals surface area contributed by atoms with Crippen molar-refractivity contribution in [2.45, 2.75) is 31.8 Å². The van der Waals surface area contributed by atoms with Crippen molar-refractivity contribution in [3.05, 3.63) is 35.7 Å². The molecule has 0 aliphatic carbocycles. The molecule has 1 aromatic heterocycles. The predicted octanol–water partition coefficient (Wildman–Crippen LogP) is 2.26. The van der Waals surface area contributed by atoms with Crippen LogP contribution in [-0.4, -0.2) is 43.9 Å². The second-order valence-electron chi connectivity index (χ2n) is 6.26. The maximum atomic E-state index is 12.9. The molecule has 1 spiro atoms. The van der Waals surface area contributed by atoms with Crippen LogP contribution in [0.4, 0.5) is 4.79 Å². The van der Waals surface area contributed by atoms with Crippen LogP contribution in [-0.2, 0) is 11.3 Å². The molecule has 1 N–H and O–H groups in total. The highest BCUT2D eigenvalue weighted by Crippen LogP contribution is 2.33. The number of carbonyl (C=O) groups excluding carboxylic acids is 2. The molecular formula is C17H18N4O2S. The van der Waals surface area contributed by atoms with E-state index < -0.39 is 5.54 Å². The van der Waals surface area contributed by atoms with Gasteiger partial charge in [0, 0.05) is 0 Å². The molecule has 2 aliphatic rings. The zero-order valence-corrected chi connectivity index (χ0v) is 14.2. The van der Waals surface area contributed by atoms with Crippen LogP contribution in [0.5, 0.6) is 0 Å². The predicted molar refractivity (Wildman–Crippen MR) is 92.6 cm³/mol. The van der Waals surface area contributed by atoms with Crippen molar-refractivity contribution in [2.75, 3.05) is 11.5 Å². The number of carbonyl (C=O) groups is 2. The standard InChI is InChI=1S/C17H18N4O2S/c1-11-14(19-13-5-3-2-4-12(13)18-11)10-21-15(22)17(20-16(21)23)6-8-24-9-7-17/h2-5H,6-10H2,1H3,(H,20,23). The van der Waals surface area contributed by atoms with E-state index in [-0.39, 0.29) is 18.5 Å². The van der Waals surface area contributed by atoms with Crippen LogP contribution < -0.4 is 5.32 Å². The lowest BCUT2D eigenvalue weighted by Crippen LogP contribution is -2.49. The SMILES string of the molecule is Cc1nc2ccccc2nc1CN1C(=O)NC2(CCSCC2)C1=O. The molecule has 2 saturated heterocycles. The number of hydrogen-bond donors (Lipinski definition) is 1. The zero-order valence-electron chi connectivity index (χ0n) is 13.4. The van der Waals surface area contributed by atoms with Gasteiger partial charge >= 0.3 is 6.03 Å². The third-order valence-corrected chi connectivity index (χ3v) is 5.73. The van der Waals surface area contributed by atoms with Crippen LogP contribution in [0.15, 0.2) is 24.3 Å². The smallest absolute Gasteiger partial charge is 0.323 e. The van der Waals surface area contributed by atoms with Gasteiger partial charge in [0.15, 0.2) is 0 Å². The molecule has 3 amide bonds. The molecule has 0 radical (unpaired) electrons. The third-order valence-electron chi connectivity index (χ3n) is 4.74. The Morgan fingerprint density at radius 2 is 1.83 bits per heavy atom. The van der Waals surface area contributed by atoms with Gasteiger partial charge in [-0.25, -0.2) is 14.8 Å². The van der Waals surface area contributed by atoms with Gasteiger partial charge in [-0.3, -0.25) is 9.69 Å². The summed E-state index contributed by atoms with van der Waals surface area (Å²) in [6.07, 6.45) is 1.39. The minimum atomic E-state index is -0.708. The number of aromatic nitrogens is 2. The quantitative estimate of drug-likeness (QED) is 0.847. The lowest BCUT2D eigenvalue weighted by Gasteiger charge is -2.30. The van der Waals surface area contributed by atoms with Crippen molar-refractivity contribution in [3.63, 3.8) is 0 Å². The number of benzene rings is 1. The molecule has 2 aromatic rings. The van der Waals surface area contributed by atoms with E-state index in [0.717, 1.165) is 28.2 Å². The van der Waals surface area contributed by atoms with Crippen molar-refractivity contribution < 1.29 is 9.59 Å². The molecule has 0 bridgehead atoms. The number of nitrogens with one attached hydrogen (secondary N) is 1. The summed E-state index contributed by atoms with van der Waals surface area (Å²) in [6, 6.07) is 7.29. The Bertz CT molecular complexity index is 832. The number of amides is 3. The second-order valence-corrected chi connectivity index (χ2v) is 7.49. The maximum absolute atomic E-state index is 12.9. The summed E-state index contributed by atoms with van der Waals surface area (Å²) in [5.41, 5.74) is 2.29. The summed E-state index contributed by atoms with van der Waals surface area (Å²) < 4.78 is 0. The molecule has 0 saturated carbocycles. The highest BCUT2D eigenvalue weighted by atomic mass is 32.2. The zero-order chi connectivity index (χ0) is 16.7. The fraction of sp³-hybridized carbons (Fsp3) is 0.412. The first-order chi connectivity index (χ1) is 11.6. The van der Waals surface area contributed by atoms with Crippen LogP contribution in [0.25, 0.3) is 11.0 Å². The summed E-state index contributed by atoms with van der Waals surface area (Å²) in [5.74, 6) is 1.67. The number of hydrogen-bond acceptors (Lipinski definition) is 5. The van der Waals surface area contributed by atoms with E-state index in [4.69, 9.17) is 0 Å². The number of urea groups is 1. The molecule has 2 aliphatic heterocycles. The summed E-state index contributed by atoms with van der Waals surface area (Å²) in [7, 11) is 0. The first kappa shape index (κ1) is 15.4.